The van der Waals surface area contributed by atoms with Gasteiger partial charge in [-0.3, -0.25) is 11.3 Å². The molecule has 1 aromatic carbocycles. The summed E-state index contributed by atoms with van der Waals surface area (Å²) in [4.78, 5) is 0. The van der Waals surface area contributed by atoms with Gasteiger partial charge in [0.25, 0.3) is 6.43 Å². The number of benzene rings is 1. The largest absolute Gasteiger partial charge is 0.375 e. The fourth-order valence-corrected chi connectivity index (χ4v) is 1.87. The molecular formula is C11H14BrF3N2O. The van der Waals surface area contributed by atoms with Crippen molar-refractivity contribution in [1.29, 1.82) is 0 Å². The molecule has 3 nitrogen and oxygen atoms in total. The van der Waals surface area contributed by atoms with Crippen molar-refractivity contribution in [3.05, 3.63) is 34.1 Å². The van der Waals surface area contributed by atoms with Crippen LogP contribution in [-0.4, -0.2) is 19.6 Å². The molecule has 1 atom stereocenters. The lowest BCUT2D eigenvalue weighted by molar-refractivity contribution is 0.0143. The number of hydrogen-bond donors (Lipinski definition) is 2. The summed E-state index contributed by atoms with van der Waals surface area (Å²) in [5.74, 6) is 4.91. The summed E-state index contributed by atoms with van der Waals surface area (Å²) in [5, 5.41) is 0. The van der Waals surface area contributed by atoms with Crippen molar-refractivity contribution in [2.45, 2.75) is 18.9 Å². The Morgan fingerprint density at radius 2 is 2.11 bits per heavy atom. The molecule has 1 rings (SSSR count). The number of rotatable bonds is 7. The first-order valence-corrected chi connectivity index (χ1v) is 6.11. The van der Waals surface area contributed by atoms with Crippen LogP contribution in [0.1, 0.15) is 18.0 Å². The van der Waals surface area contributed by atoms with E-state index < -0.39 is 24.9 Å². The molecule has 7 heteroatoms. The molecule has 1 unspecified atom stereocenters. The Kier molecular flexibility index (Phi) is 6.62. The minimum absolute atomic E-state index is 0.0746. The maximum Gasteiger partial charge on any atom is 0.261 e. The summed E-state index contributed by atoms with van der Waals surface area (Å²) in [7, 11) is 0. The molecule has 0 bridgehead atoms. The second-order valence-corrected chi connectivity index (χ2v) is 4.47. The van der Waals surface area contributed by atoms with E-state index in [0.29, 0.717) is 16.5 Å². The van der Waals surface area contributed by atoms with Gasteiger partial charge in [-0.1, -0.05) is 12.1 Å². The van der Waals surface area contributed by atoms with Crippen LogP contribution in [0.15, 0.2) is 22.7 Å². The maximum absolute atomic E-state index is 13.8. The number of nitrogens with one attached hydrogen (secondary N) is 1. The van der Waals surface area contributed by atoms with Gasteiger partial charge in [-0.2, -0.15) is 0 Å². The molecule has 0 spiro atoms. The molecule has 0 amide bonds. The van der Waals surface area contributed by atoms with Crippen molar-refractivity contribution in [2.24, 2.45) is 5.84 Å². The highest BCUT2D eigenvalue weighted by Crippen LogP contribution is 2.25. The molecule has 0 aromatic heterocycles. The molecule has 0 heterocycles. The van der Waals surface area contributed by atoms with E-state index in [0.717, 1.165) is 0 Å². The zero-order valence-electron chi connectivity index (χ0n) is 9.51. The summed E-state index contributed by atoms with van der Waals surface area (Å²) >= 11 is 3.07. The second kappa shape index (κ2) is 7.73. The Balaban J connectivity index is 2.57. The van der Waals surface area contributed by atoms with Crippen LogP contribution >= 0.6 is 15.9 Å². The molecule has 102 valence electrons. The first-order chi connectivity index (χ1) is 8.56. The summed E-state index contributed by atoms with van der Waals surface area (Å²) < 4.78 is 42.5. The van der Waals surface area contributed by atoms with Crippen LogP contribution in [0.5, 0.6) is 0 Å². The van der Waals surface area contributed by atoms with Crippen LogP contribution in [0.2, 0.25) is 0 Å². The molecular weight excluding hydrogens is 313 g/mol. The van der Waals surface area contributed by atoms with Crippen LogP contribution in [0.3, 0.4) is 0 Å². The third-order valence-electron chi connectivity index (χ3n) is 2.35. The molecule has 0 saturated carbocycles. The highest BCUT2D eigenvalue weighted by Gasteiger charge is 2.16. The van der Waals surface area contributed by atoms with Crippen LogP contribution in [-0.2, 0) is 4.74 Å². The van der Waals surface area contributed by atoms with Crippen molar-refractivity contribution in [2.75, 3.05) is 13.2 Å². The summed E-state index contributed by atoms with van der Waals surface area (Å²) in [6.07, 6.45) is -2.20. The Morgan fingerprint density at radius 3 is 2.72 bits per heavy atom. The number of halogens is 4. The van der Waals surface area contributed by atoms with Crippen LogP contribution in [0, 0.1) is 5.82 Å². The van der Waals surface area contributed by atoms with E-state index >= 15 is 0 Å². The normalized spacial score (nSPS) is 13.0. The van der Waals surface area contributed by atoms with Gasteiger partial charge in [0.2, 0.25) is 0 Å². The van der Waals surface area contributed by atoms with E-state index in [1.54, 1.807) is 18.2 Å². The van der Waals surface area contributed by atoms with Crippen molar-refractivity contribution in [1.82, 2.24) is 5.43 Å². The van der Waals surface area contributed by atoms with E-state index in [1.165, 1.54) is 0 Å². The third-order valence-corrected chi connectivity index (χ3v) is 2.97. The second-order valence-electron chi connectivity index (χ2n) is 3.62. The van der Waals surface area contributed by atoms with Crippen LogP contribution in [0.4, 0.5) is 13.2 Å². The van der Waals surface area contributed by atoms with Gasteiger partial charge in [-0.05, 0) is 28.4 Å². The van der Waals surface area contributed by atoms with Crippen LogP contribution in [0.25, 0.3) is 0 Å². The maximum atomic E-state index is 13.8. The zero-order valence-corrected chi connectivity index (χ0v) is 11.1. The molecule has 18 heavy (non-hydrogen) atoms. The predicted molar refractivity (Wildman–Crippen MR) is 65.6 cm³/mol. The predicted octanol–water partition coefficient (Wildman–Crippen LogP) is 2.76. The highest BCUT2D eigenvalue weighted by molar-refractivity contribution is 9.10. The van der Waals surface area contributed by atoms with Crippen molar-refractivity contribution < 1.29 is 17.9 Å². The lowest BCUT2D eigenvalue weighted by atomic mass is 10.0. The molecule has 1 aromatic rings. The summed E-state index contributed by atoms with van der Waals surface area (Å²) in [6, 6.07) is 4.34. The van der Waals surface area contributed by atoms with Gasteiger partial charge in [0.05, 0.1) is 10.5 Å². The Morgan fingerprint density at radius 1 is 1.39 bits per heavy atom. The Labute approximate surface area is 112 Å². The van der Waals surface area contributed by atoms with Gasteiger partial charge in [0, 0.05) is 12.2 Å². The number of hydrogen-bond acceptors (Lipinski definition) is 3. The third kappa shape index (κ3) is 4.56. The van der Waals surface area contributed by atoms with Crippen molar-refractivity contribution in [3.63, 3.8) is 0 Å². The van der Waals surface area contributed by atoms with Gasteiger partial charge in [0.15, 0.2) is 0 Å². The molecule has 3 N–H and O–H groups in total. The van der Waals surface area contributed by atoms with Gasteiger partial charge < -0.3 is 4.74 Å². The number of hydrazine groups is 1. The number of ether oxygens (including phenoxy) is 1. The minimum atomic E-state index is -2.50. The zero-order chi connectivity index (χ0) is 13.5. The SMILES string of the molecule is NNC(CCOCC(F)F)c1cccc(Br)c1F. The van der Waals surface area contributed by atoms with Gasteiger partial charge in [-0.25, -0.2) is 13.2 Å². The number of alkyl halides is 2. The number of nitrogens with two attached hydrogens (primary N) is 1. The molecule has 0 aliphatic heterocycles. The molecule has 0 aliphatic rings. The van der Waals surface area contributed by atoms with Gasteiger partial charge in [-0.15, -0.1) is 0 Å². The fourth-order valence-electron chi connectivity index (χ4n) is 1.49. The minimum Gasteiger partial charge on any atom is -0.375 e. The smallest absolute Gasteiger partial charge is 0.261 e. The van der Waals surface area contributed by atoms with E-state index in [-0.39, 0.29) is 6.61 Å². The quantitative estimate of drug-likeness (QED) is 0.460. The average molecular weight is 327 g/mol. The molecule has 0 saturated heterocycles. The van der Waals surface area contributed by atoms with Crippen molar-refractivity contribution in [3.8, 4) is 0 Å². The topological polar surface area (TPSA) is 47.3 Å². The lowest BCUT2D eigenvalue weighted by Gasteiger charge is -2.17. The lowest BCUT2D eigenvalue weighted by Crippen LogP contribution is -2.30. The molecule has 0 fully saturated rings. The first kappa shape index (κ1) is 15.4. The Bertz CT molecular complexity index is 379. The molecule has 0 aliphatic carbocycles. The van der Waals surface area contributed by atoms with E-state index in [1.807, 2.05) is 0 Å². The summed E-state index contributed by atoms with van der Waals surface area (Å²) in [6.45, 7) is -0.552. The van der Waals surface area contributed by atoms with Crippen molar-refractivity contribution >= 4 is 15.9 Å². The first-order valence-electron chi connectivity index (χ1n) is 5.32. The monoisotopic (exact) mass is 326 g/mol. The van der Waals surface area contributed by atoms with E-state index in [9.17, 15) is 13.2 Å². The summed E-state index contributed by atoms with van der Waals surface area (Å²) in [5.41, 5.74) is 2.81. The van der Waals surface area contributed by atoms with Gasteiger partial charge >= 0.3 is 0 Å². The van der Waals surface area contributed by atoms with E-state index in [2.05, 4.69) is 21.4 Å². The van der Waals surface area contributed by atoms with Crippen LogP contribution < -0.4 is 11.3 Å². The molecule has 0 radical (unpaired) electrons. The standard InChI is InChI=1S/C11H14BrF3N2O/c12-8-3-1-2-7(11(8)15)9(17-16)4-5-18-6-10(13)14/h1-3,9-10,17H,4-6,16H2. The highest BCUT2D eigenvalue weighted by atomic mass is 79.9. The fraction of sp³-hybridized carbons (Fsp3) is 0.455. The van der Waals surface area contributed by atoms with E-state index in [4.69, 9.17) is 10.6 Å². The average Bonchev–Trinajstić information content (AvgIpc) is 2.33. The van der Waals surface area contributed by atoms with Gasteiger partial charge in [0.1, 0.15) is 12.4 Å². The Hall–Kier alpha value is -0.630.